The molecule has 24 heavy (non-hydrogen) atoms. The number of Topliss-reactive ketones (excluding diaryl/α,β-unsaturated/α-hetero) is 1. The molecule has 128 valence electrons. The van der Waals surface area contributed by atoms with E-state index in [2.05, 4.69) is 10.9 Å². The Morgan fingerprint density at radius 2 is 1.88 bits per heavy atom. The SMILES string of the molecule is C[C@H]1C[C@@H]1[C@H]([N+]#CC(=O)c1ccccc1)[C@@H](O)C(=O)OC(C)(C)C. The molecule has 0 aromatic heterocycles. The van der Waals surface area contributed by atoms with E-state index in [0.717, 1.165) is 6.42 Å². The van der Waals surface area contributed by atoms with Crippen molar-refractivity contribution in [2.24, 2.45) is 11.8 Å². The number of hydrogen-bond acceptors (Lipinski definition) is 4. The average Bonchev–Trinajstić information content (AvgIpc) is 3.22. The normalized spacial score (nSPS) is 21.9. The quantitative estimate of drug-likeness (QED) is 0.523. The summed E-state index contributed by atoms with van der Waals surface area (Å²) < 4.78 is 5.22. The summed E-state index contributed by atoms with van der Waals surface area (Å²) in [4.78, 5) is 28.3. The summed E-state index contributed by atoms with van der Waals surface area (Å²) in [7, 11) is 0. The van der Waals surface area contributed by atoms with Gasteiger partial charge in [0.1, 0.15) is 5.60 Å². The fourth-order valence-electron chi connectivity index (χ4n) is 2.52. The molecule has 1 aromatic rings. The number of carbonyl (C=O) groups excluding carboxylic acids is 2. The summed E-state index contributed by atoms with van der Waals surface area (Å²) >= 11 is 0. The van der Waals surface area contributed by atoms with Gasteiger partial charge in [0, 0.05) is 11.5 Å². The van der Waals surface area contributed by atoms with Crippen LogP contribution in [0.2, 0.25) is 0 Å². The van der Waals surface area contributed by atoms with Crippen LogP contribution in [0.3, 0.4) is 0 Å². The van der Waals surface area contributed by atoms with E-state index in [4.69, 9.17) is 4.74 Å². The Balaban J connectivity index is 2.14. The third-order valence-corrected chi connectivity index (χ3v) is 3.93. The Morgan fingerprint density at radius 3 is 2.38 bits per heavy atom. The Labute approximate surface area is 142 Å². The van der Waals surface area contributed by atoms with E-state index < -0.39 is 23.7 Å². The Bertz CT molecular complexity index is 666. The zero-order valence-electron chi connectivity index (χ0n) is 14.5. The second-order valence-corrected chi connectivity index (χ2v) is 7.28. The summed E-state index contributed by atoms with van der Waals surface area (Å²) in [5.41, 5.74) is -0.221. The molecule has 2 rings (SSSR count). The van der Waals surface area contributed by atoms with Crippen LogP contribution in [0.1, 0.15) is 44.5 Å². The van der Waals surface area contributed by atoms with Gasteiger partial charge in [0.15, 0.2) is 0 Å². The minimum Gasteiger partial charge on any atom is -0.458 e. The molecule has 0 heterocycles. The average molecular weight is 330 g/mol. The van der Waals surface area contributed by atoms with Gasteiger partial charge >= 0.3 is 23.9 Å². The molecule has 1 aliphatic carbocycles. The maximum absolute atomic E-state index is 12.1. The van der Waals surface area contributed by atoms with Gasteiger partial charge in [-0.15, -0.1) is 0 Å². The first kappa shape index (κ1) is 18.2. The van der Waals surface area contributed by atoms with Gasteiger partial charge in [-0.1, -0.05) is 42.1 Å². The summed E-state index contributed by atoms with van der Waals surface area (Å²) in [5.74, 6) is -0.678. The molecular formula is C19H24NO4+. The van der Waals surface area contributed by atoms with Crippen molar-refractivity contribution in [2.45, 2.75) is 51.9 Å². The van der Waals surface area contributed by atoms with Gasteiger partial charge in [-0.3, -0.25) is 4.79 Å². The molecule has 5 nitrogen and oxygen atoms in total. The Hall–Kier alpha value is -2.19. The highest BCUT2D eigenvalue weighted by Crippen LogP contribution is 2.43. The van der Waals surface area contributed by atoms with Crippen molar-refractivity contribution in [3.8, 4) is 6.07 Å². The number of aliphatic hydroxyl groups is 1. The number of carbonyl (C=O) groups is 2. The van der Waals surface area contributed by atoms with Crippen molar-refractivity contribution >= 4 is 11.8 Å². The van der Waals surface area contributed by atoms with Crippen LogP contribution in [0.4, 0.5) is 0 Å². The van der Waals surface area contributed by atoms with E-state index in [1.54, 1.807) is 45.0 Å². The smallest absolute Gasteiger partial charge is 0.356 e. The van der Waals surface area contributed by atoms with E-state index in [0.29, 0.717) is 11.5 Å². The third kappa shape index (κ3) is 4.90. The topological polar surface area (TPSA) is 68.0 Å². The molecule has 4 atom stereocenters. The van der Waals surface area contributed by atoms with Crippen LogP contribution >= 0.6 is 0 Å². The standard InChI is InChI=1S/C19H24NO4/c1-12-10-14(12)16(17(22)18(23)24-19(2,3)4)20-11-15(21)13-8-6-5-7-9-13/h5-9,12,14,16-17,22H,10H2,1-4H3/q+1/t12-,14-,16-,17+/m0/s1. The van der Waals surface area contributed by atoms with Gasteiger partial charge in [0.2, 0.25) is 6.10 Å². The maximum Gasteiger partial charge on any atom is 0.356 e. The van der Waals surface area contributed by atoms with Crippen molar-refractivity contribution in [3.63, 3.8) is 0 Å². The van der Waals surface area contributed by atoms with Crippen LogP contribution < -0.4 is 0 Å². The summed E-state index contributed by atoms with van der Waals surface area (Å²) in [6.45, 7) is 7.23. The molecule has 1 fully saturated rings. The summed E-state index contributed by atoms with van der Waals surface area (Å²) in [6, 6.07) is 10.4. The lowest BCUT2D eigenvalue weighted by Crippen LogP contribution is -2.39. The lowest BCUT2D eigenvalue weighted by atomic mass is 10.0. The van der Waals surface area contributed by atoms with Gasteiger partial charge in [-0.25, -0.2) is 4.79 Å². The van der Waals surface area contributed by atoms with E-state index in [9.17, 15) is 14.7 Å². The van der Waals surface area contributed by atoms with Crippen LogP contribution in [-0.4, -0.2) is 34.6 Å². The number of esters is 1. The van der Waals surface area contributed by atoms with Gasteiger partial charge < -0.3 is 9.84 Å². The van der Waals surface area contributed by atoms with Crippen molar-refractivity contribution in [1.82, 2.24) is 0 Å². The highest BCUT2D eigenvalue weighted by atomic mass is 16.6. The van der Waals surface area contributed by atoms with Gasteiger partial charge in [0.25, 0.3) is 0 Å². The van der Waals surface area contributed by atoms with E-state index in [1.807, 2.05) is 13.0 Å². The minimum absolute atomic E-state index is 0.0589. The highest BCUT2D eigenvalue weighted by Gasteiger charge is 2.53. The first-order chi connectivity index (χ1) is 11.2. The molecule has 1 aliphatic rings. The maximum atomic E-state index is 12.1. The van der Waals surface area contributed by atoms with Crippen molar-refractivity contribution < 1.29 is 19.4 Å². The fraction of sp³-hybridized carbons (Fsp3) is 0.526. The zero-order chi connectivity index (χ0) is 17.9. The van der Waals surface area contributed by atoms with Crippen LogP contribution in [0.25, 0.3) is 4.85 Å². The lowest BCUT2D eigenvalue weighted by molar-refractivity contribution is -0.165. The van der Waals surface area contributed by atoms with Crippen LogP contribution in [0, 0.1) is 17.9 Å². The first-order valence-electron chi connectivity index (χ1n) is 8.15. The molecule has 1 saturated carbocycles. The summed E-state index contributed by atoms with van der Waals surface area (Å²) in [5, 5.41) is 10.3. The van der Waals surface area contributed by atoms with Crippen molar-refractivity contribution in [3.05, 3.63) is 40.7 Å². The first-order valence-corrected chi connectivity index (χ1v) is 8.15. The molecule has 0 unspecified atom stereocenters. The predicted molar refractivity (Wildman–Crippen MR) is 90.9 cm³/mol. The molecule has 5 heteroatoms. The second kappa shape index (κ2) is 7.14. The number of hydrogen-bond donors (Lipinski definition) is 1. The number of ketones is 1. The predicted octanol–water partition coefficient (Wildman–Crippen LogP) is 2.93. The fourth-order valence-corrected chi connectivity index (χ4v) is 2.52. The molecule has 0 amide bonds. The Morgan fingerprint density at radius 1 is 1.29 bits per heavy atom. The number of nitrogens with zero attached hydrogens (tertiary/aromatic N) is 1. The highest BCUT2D eigenvalue weighted by molar-refractivity contribution is 6.08. The van der Waals surface area contributed by atoms with E-state index in [-0.39, 0.29) is 11.7 Å². The van der Waals surface area contributed by atoms with Crippen molar-refractivity contribution in [1.29, 1.82) is 0 Å². The van der Waals surface area contributed by atoms with Crippen molar-refractivity contribution in [2.75, 3.05) is 0 Å². The molecule has 0 aliphatic heterocycles. The van der Waals surface area contributed by atoms with Crippen LogP contribution in [0.5, 0.6) is 0 Å². The lowest BCUT2D eigenvalue weighted by Gasteiger charge is -2.21. The minimum atomic E-state index is -1.39. The van der Waals surface area contributed by atoms with Crippen LogP contribution in [-0.2, 0) is 9.53 Å². The molecular weight excluding hydrogens is 306 g/mol. The third-order valence-electron chi connectivity index (χ3n) is 3.93. The largest absolute Gasteiger partial charge is 0.458 e. The Kier molecular flexibility index (Phi) is 5.40. The van der Waals surface area contributed by atoms with Gasteiger partial charge in [0.05, 0.1) is 0 Å². The molecule has 0 radical (unpaired) electrons. The number of aliphatic hydroxyl groups excluding tert-OH is 1. The molecule has 1 aromatic carbocycles. The van der Waals surface area contributed by atoms with Gasteiger partial charge in [-0.2, -0.15) is 0 Å². The zero-order valence-corrected chi connectivity index (χ0v) is 14.5. The van der Waals surface area contributed by atoms with E-state index in [1.165, 1.54) is 0 Å². The molecule has 0 spiro atoms. The molecule has 0 bridgehead atoms. The van der Waals surface area contributed by atoms with Gasteiger partial charge in [-0.05, 0) is 33.1 Å². The number of ether oxygens (including phenoxy) is 1. The number of rotatable bonds is 4. The molecule has 0 saturated heterocycles. The summed E-state index contributed by atoms with van der Waals surface area (Å²) in [6.07, 6.45) is -0.537. The van der Waals surface area contributed by atoms with Crippen LogP contribution in [0.15, 0.2) is 30.3 Å². The number of benzene rings is 1. The second-order valence-electron chi connectivity index (χ2n) is 7.28. The molecule has 1 N–H and O–H groups in total. The monoisotopic (exact) mass is 330 g/mol. The van der Waals surface area contributed by atoms with E-state index >= 15 is 0 Å².